The fourth-order valence-corrected chi connectivity index (χ4v) is 1.21. The van der Waals surface area contributed by atoms with Crippen molar-refractivity contribution in [2.75, 3.05) is 6.54 Å². The van der Waals surface area contributed by atoms with E-state index in [4.69, 9.17) is 12.2 Å². The number of allylic oxidation sites excluding steroid dienone is 4. The predicted molar refractivity (Wildman–Crippen MR) is 83.2 cm³/mol. The van der Waals surface area contributed by atoms with Gasteiger partial charge in [-0.25, -0.2) is 5.43 Å². The van der Waals surface area contributed by atoms with Crippen LogP contribution >= 0.6 is 12.2 Å². The third-order valence-electron chi connectivity index (χ3n) is 1.92. The van der Waals surface area contributed by atoms with Crippen molar-refractivity contribution in [1.29, 1.82) is 0 Å². The standard InChI is InChI=1S/C14H16N4S/c1-2-3-4-5-9-12-15-17-14(19)18-16-13-10-7-6-8-11-13/h2-11,15H,1,12H2,(H,17,19)/b4-3-,9-5-,18-16+. The molecule has 19 heavy (non-hydrogen) atoms. The number of rotatable bonds is 6. The minimum absolute atomic E-state index is 0.291. The van der Waals surface area contributed by atoms with Gasteiger partial charge in [0.1, 0.15) is 0 Å². The Hall–Kier alpha value is -2.11. The molecule has 0 aliphatic rings. The zero-order valence-electron chi connectivity index (χ0n) is 10.5. The average molecular weight is 272 g/mol. The normalized spacial score (nSPS) is 11.4. The first-order valence-electron chi connectivity index (χ1n) is 5.77. The number of nitrogens with zero attached hydrogens (tertiary/aromatic N) is 2. The summed E-state index contributed by atoms with van der Waals surface area (Å²) < 4.78 is 0. The molecule has 0 fully saturated rings. The van der Waals surface area contributed by atoms with Gasteiger partial charge < -0.3 is 0 Å². The summed E-state index contributed by atoms with van der Waals surface area (Å²) in [5, 5.41) is 8.15. The Morgan fingerprint density at radius 3 is 2.74 bits per heavy atom. The van der Waals surface area contributed by atoms with Crippen molar-refractivity contribution in [2.24, 2.45) is 10.2 Å². The van der Waals surface area contributed by atoms with Crippen LogP contribution in [-0.4, -0.2) is 11.7 Å². The molecule has 0 aromatic heterocycles. The molecule has 1 rings (SSSR count). The second-order valence-corrected chi connectivity index (χ2v) is 3.78. The van der Waals surface area contributed by atoms with Crippen LogP contribution in [0.3, 0.4) is 0 Å². The van der Waals surface area contributed by atoms with Gasteiger partial charge in [0.2, 0.25) is 5.11 Å². The Morgan fingerprint density at radius 2 is 2.00 bits per heavy atom. The molecule has 0 aliphatic heterocycles. The van der Waals surface area contributed by atoms with Crippen LogP contribution in [0.25, 0.3) is 0 Å². The van der Waals surface area contributed by atoms with Gasteiger partial charge in [0.15, 0.2) is 0 Å². The number of nitrogens with one attached hydrogen (secondary N) is 2. The van der Waals surface area contributed by atoms with Gasteiger partial charge in [-0.1, -0.05) is 55.2 Å². The van der Waals surface area contributed by atoms with E-state index in [2.05, 4.69) is 27.7 Å². The smallest absolute Gasteiger partial charge is 0.228 e. The van der Waals surface area contributed by atoms with Crippen molar-refractivity contribution >= 4 is 23.0 Å². The number of hydrogen-bond acceptors (Lipinski definition) is 3. The first kappa shape index (κ1) is 14.9. The number of hydrogen-bond donors (Lipinski definition) is 2. The van der Waals surface area contributed by atoms with E-state index in [-0.39, 0.29) is 0 Å². The van der Waals surface area contributed by atoms with Crippen molar-refractivity contribution in [3.8, 4) is 0 Å². The maximum Gasteiger partial charge on any atom is 0.228 e. The van der Waals surface area contributed by atoms with E-state index >= 15 is 0 Å². The molecular weight excluding hydrogens is 256 g/mol. The molecular formula is C14H16N4S. The monoisotopic (exact) mass is 272 g/mol. The maximum atomic E-state index is 4.99. The number of benzene rings is 1. The third kappa shape index (κ3) is 7.75. The van der Waals surface area contributed by atoms with Crippen molar-refractivity contribution in [2.45, 2.75) is 0 Å². The summed E-state index contributed by atoms with van der Waals surface area (Å²) in [6.07, 6.45) is 9.30. The van der Waals surface area contributed by atoms with Crippen molar-refractivity contribution in [3.05, 3.63) is 67.3 Å². The Kier molecular flexibility index (Phi) is 7.77. The highest BCUT2D eigenvalue weighted by molar-refractivity contribution is 7.80. The van der Waals surface area contributed by atoms with Crippen LogP contribution in [0.4, 0.5) is 5.69 Å². The van der Waals surface area contributed by atoms with Crippen LogP contribution in [0.2, 0.25) is 0 Å². The molecule has 0 saturated heterocycles. The lowest BCUT2D eigenvalue weighted by molar-refractivity contribution is 0.715. The topological polar surface area (TPSA) is 48.8 Å². The Morgan fingerprint density at radius 1 is 1.21 bits per heavy atom. The van der Waals surface area contributed by atoms with E-state index in [0.717, 1.165) is 5.69 Å². The summed E-state index contributed by atoms with van der Waals surface area (Å²) in [5.41, 5.74) is 6.44. The van der Waals surface area contributed by atoms with Gasteiger partial charge in [0, 0.05) is 6.54 Å². The van der Waals surface area contributed by atoms with E-state index < -0.39 is 0 Å². The Bertz CT molecular complexity index is 477. The summed E-state index contributed by atoms with van der Waals surface area (Å²) in [7, 11) is 0. The number of thiocarbonyl (C=S) groups is 1. The fourth-order valence-electron chi connectivity index (χ4n) is 1.10. The fraction of sp³-hybridized carbons (Fsp3) is 0.0714. The molecule has 0 spiro atoms. The molecule has 0 bridgehead atoms. The molecule has 0 amide bonds. The molecule has 1 aromatic carbocycles. The second-order valence-electron chi connectivity index (χ2n) is 3.40. The van der Waals surface area contributed by atoms with Crippen LogP contribution in [-0.2, 0) is 0 Å². The molecule has 5 heteroatoms. The van der Waals surface area contributed by atoms with Gasteiger partial charge in [0.05, 0.1) is 5.69 Å². The van der Waals surface area contributed by atoms with Crippen LogP contribution in [0.1, 0.15) is 0 Å². The summed E-state index contributed by atoms with van der Waals surface area (Å²) in [4.78, 5) is 0. The molecule has 1 aromatic rings. The number of hydrazine groups is 1. The second kappa shape index (κ2) is 9.87. The lowest BCUT2D eigenvalue weighted by Crippen LogP contribution is -2.35. The zero-order valence-corrected chi connectivity index (χ0v) is 11.3. The number of azo groups is 1. The zero-order chi connectivity index (χ0) is 13.8. The highest BCUT2D eigenvalue weighted by atomic mass is 32.1. The van der Waals surface area contributed by atoms with Gasteiger partial charge in [-0.05, 0) is 24.4 Å². The lowest BCUT2D eigenvalue weighted by atomic mass is 10.3. The summed E-state index contributed by atoms with van der Waals surface area (Å²) in [6, 6.07) is 9.42. The van der Waals surface area contributed by atoms with E-state index in [1.165, 1.54) is 0 Å². The first-order valence-corrected chi connectivity index (χ1v) is 6.17. The van der Waals surface area contributed by atoms with Gasteiger partial charge in [-0.3, -0.25) is 5.43 Å². The van der Waals surface area contributed by atoms with Gasteiger partial charge in [-0.2, -0.15) is 0 Å². The molecule has 4 nitrogen and oxygen atoms in total. The Balaban J connectivity index is 2.21. The molecule has 98 valence electrons. The van der Waals surface area contributed by atoms with Crippen molar-refractivity contribution in [3.63, 3.8) is 0 Å². The van der Waals surface area contributed by atoms with E-state index in [9.17, 15) is 0 Å². The quantitative estimate of drug-likeness (QED) is 0.274. The largest absolute Gasteiger partial charge is 0.295 e. The van der Waals surface area contributed by atoms with Crippen LogP contribution < -0.4 is 10.9 Å². The van der Waals surface area contributed by atoms with Gasteiger partial charge >= 0.3 is 0 Å². The molecule has 0 saturated carbocycles. The highest BCUT2D eigenvalue weighted by Crippen LogP contribution is 2.09. The molecule has 0 atom stereocenters. The molecule has 0 heterocycles. The van der Waals surface area contributed by atoms with Crippen LogP contribution in [0.5, 0.6) is 0 Å². The minimum atomic E-state index is 0.291. The summed E-state index contributed by atoms with van der Waals surface area (Å²) in [6.45, 7) is 4.20. The maximum absolute atomic E-state index is 4.99. The highest BCUT2D eigenvalue weighted by Gasteiger charge is 1.90. The molecule has 0 radical (unpaired) electrons. The van der Waals surface area contributed by atoms with E-state index in [1.54, 1.807) is 6.08 Å². The van der Waals surface area contributed by atoms with E-state index in [1.807, 2.05) is 54.6 Å². The average Bonchev–Trinajstić information content (AvgIpc) is 2.45. The van der Waals surface area contributed by atoms with Gasteiger partial charge in [0.25, 0.3) is 0 Å². The van der Waals surface area contributed by atoms with Crippen LogP contribution in [0.15, 0.2) is 77.5 Å². The third-order valence-corrected chi connectivity index (χ3v) is 2.11. The van der Waals surface area contributed by atoms with Crippen LogP contribution in [0, 0.1) is 0 Å². The molecule has 2 N–H and O–H groups in total. The van der Waals surface area contributed by atoms with Gasteiger partial charge in [-0.15, -0.1) is 10.2 Å². The summed E-state index contributed by atoms with van der Waals surface area (Å²) >= 11 is 4.99. The minimum Gasteiger partial charge on any atom is -0.295 e. The van der Waals surface area contributed by atoms with E-state index in [0.29, 0.717) is 11.7 Å². The predicted octanol–water partition coefficient (Wildman–Crippen LogP) is 3.45. The molecule has 0 unspecified atom stereocenters. The lowest BCUT2D eigenvalue weighted by Gasteiger charge is -2.01. The van der Waals surface area contributed by atoms with Crippen molar-refractivity contribution in [1.82, 2.24) is 10.9 Å². The Labute approximate surface area is 118 Å². The first-order chi connectivity index (χ1) is 9.33. The van der Waals surface area contributed by atoms with Crippen molar-refractivity contribution < 1.29 is 0 Å². The summed E-state index contributed by atoms with van der Waals surface area (Å²) in [5.74, 6) is 0. The molecule has 0 aliphatic carbocycles. The SMILES string of the molecule is C=C/C=C\C=C/CNNC(=S)/N=N/c1ccccc1.